The van der Waals surface area contributed by atoms with E-state index >= 15 is 0 Å². The summed E-state index contributed by atoms with van der Waals surface area (Å²) in [6.45, 7) is 11.5. The standard InChI is InChI=1S/C31H41N3O5S/c1-22-19-26(38-7)20-23(2)30(22)40(36,37)32(6)17-18-39-21-28(35)34-16-15-33-14-8-9-27(33)29(34)24-10-12-25(13-11-24)31(3,4)5/h8-14,19-20,29H,15-18,21H2,1-7H3. The van der Waals surface area contributed by atoms with Gasteiger partial charge in [0, 0.05) is 38.6 Å². The van der Waals surface area contributed by atoms with Crippen molar-refractivity contribution >= 4 is 15.9 Å². The van der Waals surface area contributed by atoms with Gasteiger partial charge in [0.15, 0.2) is 0 Å². The lowest BCUT2D eigenvalue weighted by atomic mass is 9.86. The van der Waals surface area contributed by atoms with Crippen LogP contribution in [-0.2, 0) is 31.5 Å². The molecule has 0 spiro atoms. The van der Waals surface area contributed by atoms with Crippen LogP contribution in [0.2, 0.25) is 0 Å². The van der Waals surface area contributed by atoms with Gasteiger partial charge in [0.05, 0.1) is 24.7 Å². The van der Waals surface area contributed by atoms with E-state index < -0.39 is 10.0 Å². The van der Waals surface area contributed by atoms with Gasteiger partial charge in [-0.25, -0.2) is 8.42 Å². The second-order valence-electron chi connectivity index (χ2n) is 11.5. The highest BCUT2D eigenvalue weighted by Gasteiger charge is 2.32. The molecular weight excluding hydrogens is 526 g/mol. The summed E-state index contributed by atoms with van der Waals surface area (Å²) in [6.07, 6.45) is 2.05. The van der Waals surface area contributed by atoms with Crippen LogP contribution in [0.4, 0.5) is 0 Å². The zero-order valence-corrected chi connectivity index (χ0v) is 25.4. The highest BCUT2D eigenvalue weighted by molar-refractivity contribution is 7.89. The van der Waals surface area contributed by atoms with Crippen molar-refractivity contribution in [1.29, 1.82) is 0 Å². The third kappa shape index (κ3) is 6.11. The molecule has 0 saturated carbocycles. The molecule has 8 nitrogen and oxygen atoms in total. The van der Waals surface area contributed by atoms with Gasteiger partial charge < -0.3 is 18.9 Å². The largest absolute Gasteiger partial charge is 0.497 e. The summed E-state index contributed by atoms with van der Waals surface area (Å²) in [5.74, 6) is 0.497. The first-order valence-electron chi connectivity index (χ1n) is 13.6. The summed E-state index contributed by atoms with van der Waals surface area (Å²) in [7, 11) is -0.650. The number of ether oxygens (including phenoxy) is 2. The van der Waals surface area contributed by atoms with E-state index in [1.165, 1.54) is 16.9 Å². The molecule has 0 aliphatic carbocycles. The molecular formula is C31H41N3O5S. The molecule has 0 N–H and O–H groups in total. The van der Waals surface area contributed by atoms with Crippen molar-refractivity contribution in [2.75, 3.05) is 40.5 Å². The molecule has 1 atom stereocenters. The van der Waals surface area contributed by atoms with Crippen molar-refractivity contribution in [3.05, 3.63) is 82.7 Å². The fourth-order valence-electron chi connectivity index (χ4n) is 5.31. The van der Waals surface area contributed by atoms with Crippen LogP contribution in [0, 0.1) is 13.8 Å². The van der Waals surface area contributed by atoms with E-state index in [9.17, 15) is 13.2 Å². The van der Waals surface area contributed by atoms with Gasteiger partial charge in [0.2, 0.25) is 15.9 Å². The number of nitrogens with zero attached hydrogens (tertiary/aromatic N) is 3. The lowest BCUT2D eigenvalue weighted by molar-refractivity contribution is -0.138. The van der Waals surface area contributed by atoms with E-state index in [0.717, 1.165) is 11.3 Å². The summed E-state index contributed by atoms with van der Waals surface area (Å²) in [5.41, 5.74) is 4.64. The van der Waals surface area contributed by atoms with E-state index in [-0.39, 0.29) is 42.0 Å². The number of sulfonamides is 1. The Hall–Kier alpha value is -3.14. The van der Waals surface area contributed by atoms with Crippen LogP contribution in [0.25, 0.3) is 0 Å². The molecule has 9 heteroatoms. The van der Waals surface area contributed by atoms with Crippen LogP contribution in [0.15, 0.2) is 59.6 Å². The maximum Gasteiger partial charge on any atom is 0.249 e. The van der Waals surface area contributed by atoms with Gasteiger partial charge in [-0.05, 0) is 65.8 Å². The van der Waals surface area contributed by atoms with Crippen molar-refractivity contribution in [3.8, 4) is 5.75 Å². The van der Waals surface area contributed by atoms with Gasteiger partial charge in [-0.1, -0.05) is 45.0 Å². The Balaban J connectivity index is 1.42. The van der Waals surface area contributed by atoms with Crippen LogP contribution in [0.1, 0.15) is 54.8 Å². The van der Waals surface area contributed by atoms with Crippen molar-refractivity contribution < 1.29 is 22.7 Å². The van der Waals surface area contributed by atoms with Gasteiger partial charge in [-0.3, -0.25) is 4.79 Å². The summed E-state index contributed by atoms with van der Waals surface area (Å²) in [4.78, 5) is 15.5. The Morgan fingerprint density at radius 2 is 1.70 bits per heavy atom. The number of amides is 1. The minimum Gasteiger partial charge on any atom is -0.497 e. The number of aromatic nitrogens is 1. The number of likely N-dealkylation sites (N-methyl/N-ethyl adjacent to an activating group) is 1. The fourth-order valence-corrected chi connectivity index (χ4v) is 6.87. The Morgan fingerprint density at radius 1 is 1.05 bits per heavy atom. The smallest absolute Gasteiger partial charge is 0.249 e. The maximum atomic E-state index is 13.4. The second-order valence-corrected chi connectivity index (χ2v) is 13.4. The minimum atomic E-state index is -3.73. The number of methoxy groups -OCH3 is 1. The molecule has 1 aliphatic rings. The number of rotatable bonds is 9. The van der Waals surface area contributed by atoms with Crippen LogP contribution in [-0.4, -0.2) is 68.6 Å². The maximum absolute atomic E-state index is 13.4. The molecule has 1 aliphatic heterocycles. The van der Waals surface area contributed by atoms with E-state index in [1.54, 1.807) is 33.1 Å². The van der Waals surface area contributed by atoms with E-state index in [0.29, 0.717) is 30.0 Å². The first kappa shape index (κ1) is 29.8. The molecule has 0 radical (unpaired) electrons. The number of carbonyl (C=O) groups is 1. The molecule has 0 saturated heterocycles. The highest BCUT2D eigenvalue weighted by atomic mass is 32.2. The molecule has 1 unspecified atom stereocenters. The average molecular weight is 568 g/mol. The first-order chi connectivity index (χ1) is 18.8. The second kappa shape index (κ2) is 11.8. The summed E-state index contributed by atoms with van der Waals surface area (Å²) < 4.78 is 41.0. The number of aryl methyl sites for hydroxylation is 2. The zero-order chi connectivity index (χ0) is 29.2. The quantitative estimate of drug-likeness (QED) is 0.351. The fraction of sp³-hybridized carbons (Fsp3) is 0.452. The summed E-state index contributed by atoms with van der Waals surface area (Å²) in [6, 6.07) is 15.8. The van der Waals surface area contributed by atoms with Gasteiger partial charge in [-0.15, -0.1) is 0 Å². The van der Waals surface area contributed by atoms with Crippen LogP contribution >= 0.6 is 0 Å². The van der Waals surface area contributed by atoms with Gasteiger partial charge in [-0.2, -0.15) is 4.31 Å². The third-order valence-corrected chi connectivity index (χ3v) is 9.73. The Bertz CT molecular complexity index is 1430. The molecule has 3 aromatic rings. The molecule has 2 aromatic carbocycles. The summed E-state index contributed by atoms with van der Waals surface area (Å²) >= 11 is 0. The average Bonchev–Trinajstić information content (AvgIpc) is 3.38. The van der Waals surface area contributed by atoms with E-state index in [4.69, 9.17) is 9.47 Å². The number of hydrogen-bond donors (Lipinski definition) is 0. The molecule has 4 rings (SSSR count). The van der Waals surface area contributed by atoms with Crippen LogP contribution in [0.3, 0.4) is 0 Å². The highest BCUT2D eigenvalue weighted by Crippen LogP contribution is 2.34. The van der Waals surface area contributed by atoms with Crippen molar-refractivity contribution in [1.82, 2.24) is 13.8 Å². The zero-order valence-electron chi connectivity index (χ0n) is 24.6. The van der Waals surface area contributed by atoms with Crippen LogP contribution < -0.4 is 4.74 Å². The Morgan fingerprint density at radius 3 is 2.30 bits per heavy atom. The Kier molecular flexibility index (Phi) is 8.77. The first-order valence-corrected chi connectivity index (χ1v) is 15.0. The van der Waals surface area contributed by atoms with Gasteiger partial charge in [0.25, 0.3) is 0 Å². The van der Waals surface area contributed by atoms with E-state index in [1.807, 2.05) is 17.2 Å². The summed E-state index contributed by atoms with van der Waals surface area (Å²) in [5, 5.41) is 0. The lowest BCUT2D eigenvalue weighted by Crippen LogP contribution is -2.44. The molecule has 0 fully saturated rings. The number of fused-ring (bicyclic) bond motifs is 1. The molecule has 1 amide bonds. The molecule has 1 aromatic heterocycles. The van der Waals surface area contributed by atoms with Crippen molar-refractivity contribution in [2.24, 2.45) is 0 Å². The predicted octanol–water partition coefficient (Wildman–Crippen LogP) is 4.68. The molecule has 2 heterocycles. The molecule has 40 heavy (non-hydrogen) atoms. The third-order valence-electron chi connectivity index (χ3n) is 7.56. The number of benzene rings is 2. The number of hydrogen-bond acceptors (Lipinski definition) is 5. The predicted molar refractivity (Wildman–Crippen MR) is 156 cm³/mol. The SMILES string of the molecule is COc1cc(C)c(S(=O)(=O)N(C)CCOCC(=O)N2CCn3cccc3C2c2ccc(C(C)(C)C)cc2)c(C)c1. The topological polar surface area (TPSA) is 81.1 Å². The van der Waals surface area contributed by atoms with Crippen molar-refractivity contribution in [2.45, 2.75) is 57.5 Å². The van der Waals surface area contributed by atoms with Crippen LogP contribution in [0.5, 0.6) is 5.75 Å². The normalized spacial score (nSPS) is 15.8. The van der Waals surface area contributed by atoms with Gasteiger partial charge >= 0.3 is 0 Å². The monoisotopic (exact) mass is 567 g/mol. The van der Waals surface area contributed by atoms with E-state index in [2.05, 4.69) is 55.7 Å². The Labute approximate surface area is 238 Å². The minimum absolute atomic E-state index is 0.0417. The molecule has 0 bridgehead atoms. The lowest BCUT2D eigenvalue weighted by Gasteiger charge is -2.37. The number of carbonyl (C=O) groups excluding carboxylic acids is 1. The molecule has 216 valence electrons. The van der Waals surface area contributed by atoms with Crippen molar-refractivity contribution in [3.63, 3.8) is 0 Å². The van der Waals surface area contributed by atoms with Gasteiger partial charge in [0.1, 0.15) is 12.4 Å².